The van der Waals surface area contributed by atoms with Gasteiger partial charge < -0.3 is 10.0 Å². The van der Waals surface area contributed by atoms with Gasteiger partial charge in [-0.3, -0.25) is 0 Å². The number of rotatable bonds is 3. The maximum Gasteiger partial charge on any atom is 0.0922 e. The summed E-state index contributed by atoms with van der Waals surface area (Å²) in [5.41, 5.74) is 1.06. The van der Waals surface area contributed by atoms with E-state index in [4.69, 9.17) is 0 Å². The molecule has 20 heavy (non-hydrogen) atoms. The van der Waals surface area contributed by atoms with Gasteiger partial charge in [-0.15, -0.1) is 0 Å². The molecule has 2 heteroatoms. The minimum Gasteiger partial charge on any atom is -0.387 e. The van der Waals surface area contributed by atoms with E-state index in [1.54, 1.807) is 0 Å². The lowest BCUT2D eigenvalue weighted by Gasteiger charge is -2.24. The van der Waals surface area contributed by atoms with Gasteiger partial charge in [0.1, 0.15) is 0 Å². The molecule has 0 bridgehead atoms. The van der Waals surface area contributed by atoms with Crippen LogP contribution in [0.5, 0.6) is 0 Å². The fourth-order valence-electron chi connectivity index (χ4n) is 3.20. The van der Waals surface area contributed by atoms with Gasteiger partial charge in [0, 0.05) is 6.54 Å². The summed E-state index contributed by atoms with van der Waals surface area (Å²) in [7, 11) is 0. The SMILES string of the molecule is OC(CN1CCCCCC1)c1cccc2ccccc12. The number of benzene rings is 2. The van der Waals surface area contributed by atoms with E-state index >= 15 is 0 Å². The Bertz CT molecular complexity index is 553. The lowest BCUT2D eigenvalue weighted by Crippen LogP contribution is -2.29. The van der Waals surface area contributed by atoms with Crippen molar-refractivity contribution in [3.8, 4) is 0 Å². The molecule has 1 unspecified atom stereocenters. The third kappa shape index (κ3) is 3.02. The Labute approximate surface area is 121 Å². The van der Waals surface area contributed by atoms with Crippen LogP contribution in [0.25, 0.3) is 10.8 Å². The molecule has 0 aliphatic carbocycles. The summed E-state index contributed by atoms with van der Waals surface area (Å²) in [4.78, 5) is 2.42. The number of nitrogens with zero attached hydrogens (tertiary/aromatic N) is 1. The average Bonchev–Trinajstić information content (AvgIpc) is 2.75. The summed E-state index contributed by atoms with van der Waals surface area (Å²) in [6.07, 6.45) is 4.81. The van der Waals surface area contributed by atoms with Crippen molar-refractivity contribution in [1.82, 2.24) is 4.90 Å². The van der Waals surface area contributed by atoms with Crippen LogP contribution in [0.15, 0.2) is 42.5 Å². The highest BCUT2D eigenvalue weighted by Crippen LogP contribution is 2.25. The Balaban J connectivity index is 1.79. The van der Waals surface area contributed by atoms with E-state index in [9.17, 15) is 5.11 Å². The molecular weight excluding hydrogens is 246 g/mol. The number of hydrogen-bond donors (Lipinski definition) is 1. The third-order valence-corrected chi connectivity index (χ3v) is 4.31. The Morgan fingerprint density at radius 2 is 1.60 bits per heavy atom. The molecule has 2 aromatic rings. The van der Waals surface area contributed by atoms with Gasteiger partial charge in [-0.1, -0.05) is 55.3 Å². The van der Waals surface area contributed by atoms with Crippen LogP contribution in [-0.2, 0) is 0 Å². The first-order chi connectivity index (χ1) is 9.84. The van der Waals surface area contributed by atoms with Crippen LogP contribution in [0.1, 0.15) is 37.4 Å². The molecule has 1 fully saturated rings. The third-order valence-electron chi connectivity index (χ3n) is 4.31. The van der Waals surface area contributed by atoms with Crippen LogP contribution < -0.4 is 0 Å². The molecule has 106 valence electrons. The second-order valence-corrected chi connectivity index (χ2v) is 5.80. The second-order valence-electron chi connectivity index (χ2n) is 5.80. The summed E-state index contributed by atoms with van der Waals surface area (Å²) in [5.74, 6) is 0. The Morgan fingerprint density at radius 1 is 0.900 bits per heavy atom. The predicted octanol–water partition coefficient (Wildman–Crippen LogP) is 3.75. The van der Waals surface area contributed by atoms with Crippen LogP contribution in [0.4, 0.5) is 0 Å². The van der Waals surface area contributed by atoms with Gasteiger partial charge in [0.25, 0.3) is 0 Å². The number of likely N-dealkylation sites (tertiary alicyclic amines) is 1. The number of aliphatic hydroxyl groups is 1. The molecule has 2 aromatic carbocycles. The quantitative estimate of drug-likeness (QED) is 0.917. The number of fused-ring (bicyclic) bond motifs is 1. The summed E-state index contributed by atoms with van der Waals surface area (Å²) in [5, 5.41) is 13.0. The zero-order chi connectivity index (χ0) is 13.8. The smallest absolute Gasteiger partial charge is 0.0922 e. The summed E-state index contributed by atoms with van der Waals surface area (Å²) in [6.45, 7) is 3.01. The van der Waals surface area contributed by atoms with Crippen LogP contribution in [-0.4, -0.2) is 29.6 Å². The molecule has 0 radical (unpaired) electrons. The molecule has 0 spiro atoms. The molecule has 1 heterocycles. The molecule has 0 amide bonds. The van der Waals surface area contributed by atoms with E-state index in [0.29, 0.717) is 0 Å². The molecule has 1 atom stereocenters. The van der Waals surface area contributed by atoms with Crippen LogP contribution in [0.3, 0.4) is 0 Å². The van der Waals surface area contributed by atoms with Gasteiger partial charge in [0.15, 0.2) is 0 Å². The van der Waals surface area contributed by atoms with E-state index in [2.05, 4.69) is 29.2 Å². The molecule has 1 N–H and O–H groups in total. The molecule has 1 aliphatic rings. The highest BCUT2D eigenvalue weighted by Gasteiger charge is 2.16. The minimum absolute atomic E-state index is 0.390. The molecule has 1 aliphatic heterocycles. The van der Waals surface area contributed by atoms with Gasteiger partial charge in [0.2, 0.25) is 0 Å². The highest BCUT2D eigenvalue weighted by molar-refractivity contribution is 5.85. The van der Waals surface area contributed by atoms with Crippen LogP contribution in [0.2, 0.25) is 0 Å². The lowest BCUT2D eigenvalue weighted by molar-refractivity contribution is 0.116. The highest BCUT2D eigenvalue weighted by atomic mass is 16.3. The fraction of sp³-hybridized carbons (Fsp3) is 0.444. The van der Waals surface area contributed by atoms with Crippen molar-refractivity contribution in [3.05, 3.63) is 48.0 Å². The molecule has 2 nitrogen and oxygen atoms in total. The monoisotopic (exact) mass is 269 g/mol. The number of β-amino-alcohol motifs (C(OH)–C–C–N with tert-alkyl or cyclic N) is 1. The molecule has 1 saturated heterocycles. The summed E-state index contributed by atoms with van der Waals surface area (Å²) in [6, 6.07) is 14.5. The predicted molar refractivity (Wildman–Crippen MR) is 83.8 cm³/mol. The topological polar surface area (TPSA) is 23.5 Å². The lowest BCUT2D eigenvalue weighted by atomic mass is 10.00. The minimum atomic E-state index is -0.390. The normalized spacial score (nSPS) is 18.9. The number of aliphatic hydroxyl groups excluding tert-OH is 1. The van der Waals surface area contributed by atoms with Gasteiger partial charge in [-0.05, 0) is 42.3 Å². The second kappa shape index (κ2) is 6.38. The van der Waals surface area contributed by atoms with Gasteiger partial charge in [-0.25, -0.2) is 0 Å². The number of hydrogen-bond acceptors (Lipinski definition) is 2. The standard InChI is InChI=1S/C18H23NO/c20-18(14-19-12-5-1-2-6-13-19)17-11-7-9-15-8-3-4-10-16(15)17/h3-4,7-11,18,20H,1-2,5-6,12-14H2. The van der Waals surface area contributed by atoms with Crippen molar-refractivity contribution in [2.45, 2.75) is 31.8 Å². The summed E-state index contributed by atoms with van der Waals surface area (Å²) >= 11 is 0. The van der Waals surface area contributed by atoms with Crippen LogP contribution in [0, 0.1) is 0 Å². The van der Waals surface area contributed by atoms with E-state index in [1.165, 1.54) is 36.5 Å². The van der Waals surface area contributed by atoms with Crippen molar-refractivity contribution < 1.29 is 5.11 Å². The van der Waals surface area contributed by atoms with Crippen molar-refractivity contribution >= 4 is 10.8 Å². The van der Waals surface area contributed by atoms with Crippen molar-refractivity contribution in [2.24, 2.45) is 0 Å². The first kappa shape index (κ1) is 13.6. The van der Waals surface area contributed by atoms with E-state index in [1.807, 2.05) is 18.2 Å². The molecule has 3 rings (SSSR count). The molecule has 0 saturated carbocycles. The van der Waals surface area contributed by atoms with Gasteiger partial charge in [-0.2, -0.15) is 0 Å². The Morgan fingerprint density at radius 3 is 2.40 bits per heavy atom. The fourth-order valence-corrected chi connectivity index (χ4v) is 3.20. The van der Waals surface area contributed by atoms with E-state index in [-0.39, 0.29) is 6.10 Å². The first-order valence-electron chi connectivity index (χ1n) is 7.73. The van der Waals surface area contributed by atoms with Gasteiger partial charge >= 0.3 is 0 Å². The summed E-state index contributed by atoms with van der Waals surface area (Å²) < 4.78 is 0. The largest absolute Gasteiger partial charge is 0.387 e. The van der Waals surface area contributed by atoms with E-state index in [0.717, 1.165) is 25.2 Å². The molecular formula is C18H23NO. The Hall–Kier alpha value is -1.38. The zero-order valence-electron chi connectivity index (χ0n) is 12.0. The van der Waals surface area contributed by atoms with Crippen molar-refractivity contribution in [1.29, 1.82) is 0 Å². The van der Waals surface area contributed by atoms with Crippen molar-refractivity contribution in [2.75, 3.05) is 19.6 Å². The average molecular weight is 269 g/mol. The van der Waals surface area contributed by atoms with E-state index < -0.39 is 0 Å². The van der Waals surface area contributed by atoms with Crippen molar-refractivity contribution in [3.63, 3.8) is 0 Å². The zero-order valence-corrected chi connectivity index (χ0v) is 12.0. The van der Waals surface area contributed by atoms with Gasteiger partial charge in [0.05, 0.1) is 6.10 Å². The maximum absolute atomic E-state index is 10.6. The first-order valence-corrected chi connectivity index (χ1v) is 7.73. The molecule has 0 aromatic heterocycles. The van der Waals surface area contributed by atoms with Crippen LogP contribution >= 0.6 is 0 Å². The maximum atomic E-state index is 10.6. The Kier molecular flexibility index (Phi) is 4.34.